The average molecular weight is 356 g/mol. The zero-order valence-corrected chi connectivity index (χ0v) is 14.7. The molecule has 2 amide bonds. The maximum atomic E-state index is 13.1. The van der Waals surface area contributed by atoms with Crippen LogP contribution in [0.15, 0.2) is 54.6 Å². The molecule has 0 saturated heterocycles. The Hall–Kier alpha value is -2.73. The van der Waals surface area contributed by atoms with Gasteiger partial charge in [-0.15, -0.1) is 0 Å². The normalized spacial score (nSPS) is 15.8. The fourth-order valence-corrected chi connectivity index (χ4v) is 2.91. The number of hydrogen-bond acceptors (Lipinski definition) is 2. The fraction of sp³-hybridized carbons (Fsp3) is 0.300. The van der Waals surface area contributed by atoms with Crippen LogP contribution in [-0.2, 0) is 9.59 Å². The van der Waals surface area contributed by atoms with Gasteiger partial charge in [-0.05, 0) is 37.1 Å². The molecule has 1 aliphatic rings. The number of quaternary nitrogens is 1. The van der Waals surface area contributed by atoms with Gasteiger partial charge in [-0.2, -0.15) is 0 Å². The minimum atomic E-state index is -0.550. The second-order valence-electron chi connectivity index (χ2n) is 6.70. The molecule has 1 aliphatic carbocycles. The van der Waals surface area contributed by atoms with Crippen molar-refractivity contribution < 1.29 is 18.9 Å². The van der Waals surface area contributed by atoms with E-state index < -0.39 is 6.04 Å². The molecule has 2 aromatic rings. The van der Waals surface area contributed by atoms with E-state index in [-0.39, 0.29) is 24.2 Å². The first-order valence-corrected chi connectivity index (χ1v) is 8.76. The fourth-order valence-electron chi connectivity index (χ4n) is 2.91. The van der Waals surface area contributed by atoms with E-state index >= 15 is 0 Å². The molecule has 3 rings (SSSR count). The molecule has 0 bridgehead atoms. The molecule has 0 radical (unpaired) electrons. The summed E-state index contributed by atoms with van der Waals surface area (Å²) in [5, 5.41) is 5.77. The van der Waals surface area contributed by atoms with E-state index in [2.05, 4.69) is 10.6 Å². The number of likely N-dealkylation sites (N-methyl/N-ethyl adjacent to an activating group) is 1. The van der Waals surface area contributed by atoms with E-state index in [9.17, 15) is 14.0 Å². The number of rotatable bonds is 7. The molecule has 0 aliphatic heterocycles. The van der Waals surface area contributed by atoms with Crippen LogP contribution in [0, 0.1) is 5.82 Å². The lowest BCUT2D eigenvalue weighted by Crippen LogP contribution is -3.11. The standard InChI is InChI=1S/C20H22FN3O2/c1-24(13-18(25)22-16-11-12-16)19(14-5-3-2-4-6-14)20(26)23-17-9-7-15(21)8-10-17/h2-10,16,19H,11-13H2,1H3,(H,22,25)(H,23,26)/p+1/t19-/m0/s1. The summed E-state index contributed by atoms with van der Waals surface area (Å²) in [5.74, 6) is -0.651. The van der Waals surface area contributed by atoms with Crippen molar-refractivity contribution in [2.24, 2.45) is 0 Å². The van der Waals surface area contributed by atoms with Gasteiger partial charge in [-0.1, -0.05) is 30.3 Å². The molecule has 3 N–H and O–H groups in total. The summed E-state index contributed by atoms with van der Waals surface area (Å²) in [5.41, 5.74) is 1.34. The number of anilines is 1. The van der Waals surface area contributed by atoms with Crippen molar-refractivity contribution in [3.8, 4) is 0 Å². The SMILES string of the molecule is C[NH+](CC(=O)NC1CC1)[C@H](C(=O)Nc1ccc(F)cc1)c1ccccc1. The van der Waals surface area contributed by atoms with Gasteiger partial charge in [0.05, 0.1) is 7.05 Å². The Balaban J connectivity index is 1.74. The van der Waals surface area contributed by atoms with Crippen molar-refractivity contribution in [3.05, 3.63) is 66.0 Å². The number of nitrogens with one attached hydrogen (secondary N) is 3. The Bertz CT molecular complexity index is 760. The lowest BCUT2D eigenvalue weighted by atomic mass is 10.0. The molecule has 5 nitrogen and oxygen atoms in total. The molecular formula is C20H23FN3O2+. The topological polar surface area (TPSA) is 62.6 Å². The largest absolute Gasteiger partial charge is 0.348 e. The van der Waals surface area contributed by atoms with E-state index in [1.165, 1.54) is 24.3 Å². The predicted octanol–water partition coefficient (Wildman–Crippen LogP) is 1.30. The maximum absolute atomic E-state index is 13.1. The van der Waals surface area contributed by atoms with Crippen LogP contribution in [0.2, 0.25) is 0 Å². The number of hydrogen-bond donors (Lipinski definition) is 3. The average Bonchev–Trinajstić information content (AvgIpc) is 3.42. The first-order valence-electron chi connectivity index (χ1n) is 8.76. The van der Waals surface area contributed by atoms with Gasteiger partial charge in [0.1, 0.15) is 5.82 Å². The third kappa shape index (κ3) is 4.89. The zero-order chi connectivity index (χ0) is 18.5. The number of benzene rings is 2. The highest BCUT2D eigenvalue weighted by Gasteiger charge is 2.32. The third-order valence-corrected chi connectivity index (χ3v) is 4.38. The van der Waals surface area contributed by atoms with Crippen molar-refractivity contribution in [3.63, 3.8) is 0 Å². The lowest BCUT2D eigenvalue weighted by Gasteiger charge is -2.24. The molecule has 0 spiro atoms. The van der Waals surface area contributed by atoms with Crippen molar-refractivity contribution in [1.82, 2.24) is 5.32 Å². The maximum Gasteiger partial charge on any atom is 0.287 e. The highest BCUT2D eigenvalue weighted by Crippen LogP contribution is 2.18. The molecule has 1 unspecified atom stereocenters. The lowest BCUT2D eigenvalue weighted by molar-refractivity contribution is -0.894. The van der Waals surface area contributed by atoms with E-state index in [0.29, 0.717) is 11.7 Å². The van der Waals surface area contributed by atoms with Crippen molar-refractivity contribution in [2.45, 2.75) is 24.9 Å². The Morgan fingerprint density at radius 2 is 1.77 bits per heavy atom. The number of amides is 2. The van der Waals surface area contributed by atoms with Crippen LogP contribution in [0.4, 0.5) is 10.1 Å². The second kappa shape index (κ2) is 8.10. The molecule has 0 aromatic heterocycles. The Kier molecular flexibility index (Phi) is 5.63. The monoisotopic (exact) mass is 356 g/mol. The summed E-state index contributed by atoms with van der Waals surface area (Å²) in [6.07, 6.45) is 2.05. The van der Waals surface area contributed by atoms with Crippen LogP contribution in [0.5, 0.6) is 0 Å². The molecule has 1 saturated carbocycles. The van der Waals surface area contributed by atoms with E-state index in [1.54, 1.807) is 0 Å². The molecule has 136 valence electrons. The van der Waals surface area contributed by atoms with Gasteiger partial charge >= 0.3 is 0 Å². The third-order valence-electron chi connectivity index (χ3n) is 4.38. The second-order valence-corrected chi connectivity index (χ2v) is 6.70. The Labute approximate surface area is 152 Å². The molecule has 26 heavy (non-hydrogen) atoms. The van der Waals surface area contributed by atoms with Crippen molar-refractivity contribution >= 4 is 17.5 Å². The summed E-state index contributed by atoms with van der Waals surface area (Å²) < 4.78 is 13.1. The first kappa shape index (κ1) is 18.1. The van der Waals surface area contributed by atoms with Gasteiger partial charge in [0, 0.05) is 17.3 Å². The summed E-state index contributed by atoms with van der Waals surface area (Å²) >= 11 is 0. The molecule has 0 heterocycles. The smallest absolute Gasteiger partial charge is 0.287 e. The summed E-state index contributed by atoms with van der Waals surface area (Å²) in [7, 11) is 1.83. The van der Waals surface area contributed by atoms with Gasteiger partial charge in [0.15, 0.2) is 12.6 Å². The predicted molar refractivity (Wildman–Crippen MR) is 97.1 cm³/mol. The zero-order valence-electron chi connectivity index (χ0n) is 14.7. The number of halogens is 1. The van der Waals surface area contributed by atoms with E-state index in [4.69, 9.17) is 0 Å². The number of carbonyl (C=O) groups is 2. The van der Waals surface area contributed by atoms with Crippen LogP contribution >= 0.6 is 0 Å². The van der Waals surface area contributed by atoms with Gasteiger partial charge < -0.3 is 15.5 Å². The molecule has 1 fully saturated rings. The molecule has 2 aromatic carbocycles. The minimum Gasteiger partial charge on any atom is -0.348 e. The van der Waals surface area contributed by atoms with E-state index in [1.807, 2.05) is 37.4 Å². The van der Waals surface area contributed by atoms with Gasteiger partial charge in [-0.3, -0.25) is 9.59 Å². The molecular weight excluding hydrogens is 333 g/mol. The molecule has 6 heteroatoms. The number of carbonyl (C=O) groups excluding carboxylic acids is 2. The summed E-state index contributed by atoms with van der Waals surface area (Å²) in [6.45, 7) is 0.201. The molecule has 2 atom stereocenters. The Morgan fingerprint density at radius 3 is 2.38 bits per heavy atom. The Morgan fingerprint density at radius 1 is 1.12 bits per heavy atom. The van der Waals surface area contributed by atoms with Crippen molar-refractivity contribution in [2.75, 3.05) is 18.9 Å². The van der Waals surface area contributed by atoms with Crippen LogP contribution in [0.1, 0.15) is 24.4 Å². The minimum absolute atomic E-state index is 0.0551. The van der Waals surface area contributed by atoms with Crippen LogP contribution in [0.3, 0.4) is 0 Å². The van der Waals surface area contributed by atoms with Gasteiger partial charge in [0.25, 0.3) is 11.8 Å². The van der Waals surface area contributed by atoms with Gasteiger partial charge in [0.2, 0.25) is 0 Å². The van der Waals surface area contributed by atoms with Crippen LogP contribution in [-0.4, -0.2) is 31.4 Å². The summed E-state index contributed by atoms with van der Waals surface area (Å²) in [6, 6.07) is 14.7. The summed E-state index contributed by atoms with van der Waals surface area (Å²) in [4.78, 5) is 25.8. The highest BCUT2D eigenvalue weighted by atomic mass is 19.1. The van der Waals surface area contributed by atoms with Crippen molar-refractivity contribution in [1.29, 1.82) is 0 Å². The first-order chi connectivity index (χ1) is 12.5. The van der Waals surface area contributed by atoms with E-state index in [0.717, 1.165) is 23.3 Å². The highest BCUT2D eigenvalue weighted by molar-refractivity contribution is 5.94. The van der Waals surface area contributed by atoms with Gasteiger partial charge in [-0.25, -0.2) is 4.39 Å². The van der Waals surface area contributed by atoms with Crippen LogP contribution < -0.4 is 15.5 Å². The quantitative estimate of drug-likeness (QED) is 0.700. The van der Waals surface area contributed by atoms with Crippen LogP contribution in [0.25, 0.3) is 0 Å².